The third-order valence-corrected chi connectivity index (χ3v) is 4.22. The lowest BCUT2D eigenvalue weighted by molar-refractivity contribution is -0.141. The number of alkyl halides is 3. The molecule has 3 heterocycles. The van der Waals surface area contributed by atoms with Crippen molar-refractivity contribution in [3.63, 3.8) is 0 Å². The number of carbonyl (C=O) groups is 1. The Hall–Kier alpha value is -3.17. The summed E-state index contributed by atoms with van der Waals surface area (Å²) in [6.45, 7) is 0.0627. The first kappa shape index (κ1) is 18.2. The first-order valence-corrected chi connectivity index (χ1v) is 8.64. The van der Waals surface area contributed by atoms with Crippen molar-refractivity contribution in [3.8, 4) is 11.5 Å². The zero-order valence-electron chi connectivity index (χ0n) is 14.5. The number of carbonyl (C=O) groups excluding carboxylic acids is 1. The Balaban J connectivity index is 1.39. The van der Waals surface area contributed by atoms with Crippen LogP contribution < -0.4 is 5.32 Å². The van der Waals surface area contributed by atoms with Crippen LogP contribution in [0.4, 0.5) is 13.2 Å². The fourth-order valence-electron chi connectivity index (χ4n) is 2.66. The molecule has 1 saturated carbocycles. The van der Waals surface area contributed by atoms with Gasteiger partial charge in [-0.2, -0.15) is 13.2 Å². The number of nitrogens with zero attached hydrogens (tertiary/aromatic N) is 3. The maximum Gasteiger partial charge on any atom is 0.433 e. The number of hydrogen-bond acceptors (Lipinski definition) is 6. The molecule has 3 aromatic heterocycles. The second-order valence-electron chi connectivity index (χ2n) is 6.43. The van der Waals surface area contributed by atoms with Crippen molar-refractivity contribution in [2.24, 2.45) is 0 Å². The molecule has 7 nitrogen and oxygen atoms in total. The van der Waals surface area contributed by atoms with Gasteiger partial charge in [-0.25, -0.2) is 9.97 Å². The minimum atomic E-state index is -4.53. The fourth-order valence-corrected chi connectivity index (χ4v) is 2.66. The predicted octanol–water partition coefficient (Wildman–Crippen LogP) is 3.59. The molecule has 1 N–H and O–H groups in total. The van der Waals surface area contributed by atoms with Gasteiger partial charge in [0.25, 0.3) is 5.91 Å². The molecule has 0 saturated heterocycles. The van der Waals surface area contributed by atoms with Crippen LogP contribution in [0.5, 0.6) is 0 Å². The minimum absolute atomic E-state index is 0.0371. The molecule has 3 aromatic rings. The van der Waals surface area contributed by atoms with Gasteiger partial charge in [-0.1, -0.05) is 5.16 Å². The van der Waals surface area contributed by atoms with Crippen molar-refractivity contribution in [3.05, 3.63) is 53.4 Å². The summed E-state index contributed by atoms with van der Waals surface area (Å²) in [7, 11) is 0. The Morgan fingerprint density at radius 1 is 1.21 bits per heavy atom. The molecule has 146 valence electrons. The molecule has 0 spiro atoms. The highest BCUT2D eigenvalue weighted by Crippen LogP contribution is 2.40. The summed E-state index contributed by atoms with van der Waals surface area (Å²) in [5.41, 5.74) is -0.511. The van der Waals surface area contributed by atoms with Gasteiger partial charge in [-0.15, -0.1) is 0 Å². The first-order valence-electron chi connectivity index (χ1n) is 8.64. The van der Waals surface area contributed by atoms with Crippen molar-refractivity contribution in [2.75, 3.05) is 6.54 Å². The van der Waals surface area contributed by atoms with Crippen molar-refractivity contribution >= 4 is 5.91 Å². The Bertz CT molecular complexity index is 978. The molecular formula is C18H15F3N4O3. The van der Waals surface area contributed by atoms with Gasteiger partial charge < -0.3 is 14.3 Å². The molecule has 28 heavy (non-hydrogen) atoms. The molecule has 0 bridgehead atoms. The normalized spacial score (nSPS) is 14.2. The van der Waals surface area contributed by atoms with E-state index in [1.165, 1.54) is 12.3 Å². The zero-order chi connectivity index (χ0) is 19.7. The van der Waals surface area contributed by atoms with Crippen LogP contribution in [0.1, 0.15) is 46.5 Å². The van der Waals surface area contributed by atoms with Gasteiger partial charge in [0.1, 0.15) is 11.5 Å². The van der Waals surface area contributed by atoms with E-state index in [1.807, 2.05) is 0 Å². The van der Waals surface area contributed by atoms with Gasteiger partial charge in [0.2, 0.25) is 5.76 Å². The molecule has 0 atom stereocenters. The van der Waals surface area contributed by atoms with E-state index in [0.29, 0.717) is 17.2 Å². The van der Waals surface area contributed by atoms with E-state index >= 15 is 0 Å². The highest BCUT2D eigenvalue weighted by molar-refractivity contribution is 5.92. The summed E-state index contributed by atoms with van der Waals surface area (Å²) in [4.78, 5) is 19.9. The number of halogens is 3. The SMILES string of the molecule is O=C(NCCc1nc(C2CC2)cc(C(F)(F)F)n1)c1cc(-c2ccco2)on1. The average molecular weight is 392 g/mol. The molecule has 1 aliphatic carbocycles. The summed E-state index contributed by atoms with van der Waals surface area (Å²) < 4.78 is 49.3. The Morgan fingerprint density at radius 3 is 2.71 bits per heavy atom. The van der Waals surface area contributed by atoms with Crippen molar-refractivity contribution in [1.82, 2.24) is 20.4 Å². The van der Waals surface area contributed by atoms with E-state index < -0.39 is 17.8 Å². The first-order chi connectivity index (χ1) is 13.4. The Kier molecular flexibility index (Phi) is 4.62. The van der Waals surface area contributed by atoms with Crippen molar-refractivity contribution < 1.29 is 26.9 Å². The summed E-state index contributed by atoms with van der Waals surface area (Å²) >= 11 is 0. The van der Waals surface area contributed by atoms with E-state index in [9.17, 15) is 18.0 Å². The number of aromatic nitrogens is 3. The Morgan fingerprint density at radius 2 is 2.04 bits per heavy atom. The van der Waals surface area contributed by atoms with Gasteiger partial charge in [0.15, 0.2) is 11.5 Å². The van der Waals surface area contributed by atoms with Gasteiger partial charge in [-0.3, -0.25) is 4.79 Å². The standard InChI is InChI=1S/C18H15F3N4O3/c19-18(20,21)15-9-11(10-3-4-10)23-16(24-15)5-6-22-17(26)12-8-14(28-25-12)13-2-1-7-27-13/h1-2,7-10H,3-6H2,(H,22,26). The van der Waals surface area contributed by atoms with Crippen LogP contribution in [-0.2, 0) is 12.6 Å². The predicted molar refractivity (Wildman–Crippen MR) is 89.3 cm³/mol. The monoisotopic (exact) mass is 392 g/mol. The van der Waals surface area contributed by atoms with Gasteiger partial charge >= 0.3 is 6.18 Å². The second kappa shape index (κ2) is 7.10. The quantitative estimate of drug-likeness (QED) is 0.689. The largest absolute Gasteiger partial charge is 0.461 e. The molecule has 0 unspecified atom stereocenters. The number of hydrogen-bond donors (Lipinski definition) is 1. The number of furan rings is 1. The maximum absolute atomic E-state index is 13.0. The second-order valence-corrected chi connectivity index (χ2v) is 6.43. The molecule has 1 amide bonds. The van der Waals surface area contributed by atoms with E-state index in [0.717, 1.165) is 18.9 Å². The van der Waals surface area contributed by atoms with Crippen LogP contribution in [0.3, 0.4) is 0 Å². The van der Waals surface area contributed by atoms with Crippen LogP contribution in [0.25, 0.3) is 11.5 Å². The van der Waals surface area contributed by atoms with Gasteiger partial charge in [0.05, 0.1) is 6.26 Å². The maximum atomic E-state index is 13.0. The van der Waals surface area contributed by atoms with Gasteiger partial charge in [-0.05, 0) is 31.0 Å². The minimum Gasteiger partial charge on any atom is -0.461 e. The third kappa shape index (κ3) is 4.05. The summed E-state index contributed by atoms with van der Waals surface area (Å²) in [6.07, 6.45) is -1.35. The smallest absolute Gasteiger partial charge is 0.433 e. The van der Waals surface area contributed by atoms with Crippen LogP contribution >= 0.6 is 0 Å². The lowest BCUT2D eigenvalue weighted by Crippen LogP contribution is -2.26. The number of amides is 1. The molecule has 4 rings (SSSR count). The highest BCUT2D eigenvalue weighted by Gasteiger charge is 2.35. The summed E-state index contributed by atoms with van der Waals surface area (Å²) in [6, 6.07) is 5.75. The van der Waals surface area contributed by atoms with Crippen molar-refractivity contribution in [1.29, 1.82) is 0 Å². The Labute approximate surface area is 157 Å². The lowest BCUT2D eigenvalue weighted by Gasteiger charge is -2.10. The van der Waals surface area contributed by atoms with Crippen LogP contribution in [-0.4, -0.2) is 27.6 Å². The molecule has 1 aliphatic rings. The van der Waals surface area contributed by atoms with Crippen LogP contribution in [0.15, 0.2) is 39.5 Å². The third-order valence-electron chi connectivity index (χ3n) is 4.22. The van der Waals surface area contributed by atoms with Crippen LogP contribution in [0.2, 0.25) is 0 Å². The molecule has 1 fully saturated rings. The molecule has 0 radical (unpaired) electrons. The number of rotatable bonds is 6. The average Bonchev–Trinajstić information content (AvgIpc) is 3.15. The highest BCUT2D eigenvalue weighted by atomic mass is 19.4. The van der Waals surface area contributed by atoms with Crippen molar-refractivity contribution in [2.45, 2.75) is 31.4 Å². The van der Waals surface area contributed by atoms with E-state index in [4.69, 9.17) is 8.94 Å². The molecule has 0 aliphatic heterocycles. The van der Waals surface area contributed by atoms with E-state index in [-0.39, 0.29) is 30.4 Å². The topological polar surface area (TPSA) is 94.1 Å². The lowest BCUT2D eigenvalue weighted by atomic mass is 10.2. The van der Waals surface area contributed by atoms with E-state index in [2.05, 4.69) is 20.4 Å². The van der Waals surface area contributed by atoms with E-state index in [1.54, 1.807) is 12.1 Å². The molecule has 0 aromatic carbocycles. The zero-order valence-corrected chi connectivity index (χ0v) is 14.5. The summed E-state index contributed by atoms with van der Waals surface area (Å²) in [5.74, 6) is 0.318. The van der Waals surface area contributed by atoms with Crippen LogP contribution in [0, 0.1) is 0 Å². The van der Waals surface area contributed by atoms with Gasteiger partial charge in [0, 0.05) is 30.6 Å². The number of nitrogens with one attached hydrogen (secondary N) is 1. The molecule has 10 heteroatoms. The summed E-state index contributed by atoms with van der Waals surface area (Å²) in [5, 5.41) is 6.24. The molecular weight excluding hydrogens is 377 g/mol. The fraction of sp³-hybridized carbons (Fsp3) is 0.333.